The van der Waals surface area contributed by atoms with Crippen LogP contribution in [0.25, 0.3) is 11.5 Å². The fourth-order valence-electron chi connectivity index (χ4n) is 2.81. The molecule has 0 unspecified atom stereocenters. The summed E-state index contributed by atoms with van der Waals surface area (Å²) in [5.74, 6) is 3.45. The minimum atomic E-state index is 0.148. The highest BCUT2D eigenvalue weighted by Crippen LogP contribution is 2.32. The molecule has 0 aliphatic carbocycles. The second-order valence-electron chi connectivity index (χ2n) is 7.77. The molecule has 3 aromatic rings. The maximum atomic E-state index is 5.83. The van der Waals surface area contributed by atoms with Crippen LogP contribution in [0.1, 0.15) is 32.8 Å². The van der Waals surface area contributed by atoms with Crippen molar-refractivity contribution in [1.29, 1.82) is 0 Å². The highest BCUT2D eigenvalue weighted by Gasteiger charge is 2.14. The number of nitrogens with zero attached hydrogens (tertiary/aromatic N) is 2. The highest BCUT2D eigenvalue weighted by molar-refractivity contribution is 7.99. The van der Waals surface area contributed by atoms with Gasteiger partial charge in [0.1, 0.15) is 5.75 Å². The molecule has 1 heterocycles. The van der Waals surface area contributed by atoms with Crippen LogP contribution in [-0.2, 0) is 5.41 Å². The average molecular weight is 429 g/mol. The molecule has 0 saturated carbocycles. The van der Waals surface area contributed by atoms with Crippen molar-refractivity contribution in [2.24, 2.45) is 0 Å². The van der Waals surface area contributed by atoms with Crippen LogP contribution in [-0.4, -0.2) is 36.8 Å². The molecule has 2 aromatic carbocycles. The fourth-order valence-corrected chi connectivity index (χ4v) is 3.49. The lowest BCUT2D eigenvalue weighted by Crippen LogP contribution is -2.10. The first-order chi connectivity index (χ1) is 14.4. The van der Waals surface area contributed by atoms with Crippen LogP contribution in [0.5, 0.6) is 17.2 Å². The summed E-state index contributed by atoms with van der Waals surface area (Å²) in [6.07, 6.45) is 0.875. The van der Waals surface area contributed by atoms with Crippen molar-refractivity contribution in [3.8, 4) is 28.7 Å². The SMILES string of the molecule is COc1ccc(-c2nnc(SCCCOc3ccc(C(C)(C)C)cc3)o2)cc1OC. The quantitative estimate of drug-likeness (QED) is 0.324. The zero-order chi connectivity index (χ0) is 21.6. The molecule has 0 amide bonds. The van der Waals surface area contributed by atoms with E-state index < -0.39 is 0 Å². The maximum Gasteiger partial charge on any atom is 0.276 e. The van der Waals surface area contributed by atoms with Crippen LogP contribution in [0.4, 0.5) is 0 Å². The first kappa shape index (κ1) is 22.0. The molecule has 6 nitrogen and oxygen atoms in total. The zero-order valence-corrected chi connectivity index (χ0v) is 18.9. The summed E-state index contributed by atoms with van der Waals surface area (Å²) < 4.78 is 22.2. The Morgan fingerprint density at radius 3 is 2.33 bits per heavy atom. The number of benzene rings is 2. The van der Waals surface area contributed by atoms with Crippen molar-refractivity contribution in [3.63, 3.8) is 0 Å². The van der Waals surface area contributed by atoms with Gasteiger partial charge in [-0.2, -0.15) is 0 Å². The van der Waals surface area contributed by atoms with Gasteiger partial charge in [-0.15, -0.1) is 10.2 Å². The van der Waals surface area contributed by atoms with Gasteiger partial charge in [0.15, 0.2) is 11.5 Å². The number of hydrogen-bond acceptors (Lipinski definition) is 7. The minimum absolute atomic E-state index is 0.148. The molecule has 30 heavy (non-hydrogen) atoms. The van der Waals surface area contributed by atoms with Gasteiger partial charge in [-0.05, 0) is 47.7 Å². The molecular weight excluding hydrogens is 400 g/mol. The van der Waals surface area contributed by atoms with Gasteiger partial charge in [-0.3, -0.25) is 0 Å². The Bertz CT molecular complexity index is 949. The van der Waals surface area contributed by atoms with Gasteiger partial charge in [0, 0.05) is 11.3 Å². The molecule has 0 N–H and O–H groups in total. The number of thioether (sulfide) groups is 1. The van der Waals surface area contributed by atoms with E-state index in [4.69, 9.17) is 18.6 Å². The first-order valence-electron chi connectivity index (χ1n) is 9.83. The highest BCUT2D eigenvalue weighted by atomic mass is 32.2. The van der Waals surface area contributed by atoms with Gasteiger partial charge in [0.25, 0.3) is 5.22 Å². The van der Waals surface area contributed by atoms with E-state index in [1.165, 1.54) is 17.3 Å². The third kappa shape index (κ3) is 5.69. The van der Waals surface area contributed by atoms with Gasteiger partial charge >= 0.3 is 0 Å². The van der Waals surface area contributed by atoms with E-state index in [0.29, 0.717) is 29.2 Å². The lowest BCUT2D eigenvalue weighted by molar-refractivity contribution is 0.318. The molecule has 0 atom stereocenters. The Labute approximate surface area is 181 Å². The predicted molar refractivity (Wildman–Crippen MR) is 119 cm³/mol. The van der Waals surface area contributed by atoms with E-state index in [1.807, 2.05) is 30.3 Å². The number of hydrogen-bond donors (Lipinski definition) is 0. The Morgan fingerprint density at radius 2 is 1.67 bits per heavy atom. The molecular formula is C23H28N2O4S. The number of aromatic nitrogens is 2. The third-order valence-corrected chi connectivity index (χ3v) is 5.44. The Kier molecular flexibility index (Phi) is 7.26. The van der Waals surface area contributed by atoms with Crippen LogP contribution in [0, 0.1) is 0 Å². The zero-order valence-electron chi connectivity index (χ0n) is 18.1. The summed E-state index contributed by atoms with van der Waals surface area (Å²) >= 11 is 1.52. The second-order valence-corrected chi connectivity index (χ2v) is 8.81. The molecule has 7 heteroatoms. The largest absolute Gasteiger partial charge is 0.494 e. The van der Waals surface area contributed by atoms with E-state index >= 15 is 0 Å². The number of ether oxygens (including phenoxy) is 3. The second kappa shape index (κ2) is 9.89. The molecule has 3 rings (SSSR count). The molecule has 0 bridgehead atoms. The molecule has 0 aliphatic heterocycles. The molecule has 0 fully saturated rings. The summed E-state index contributed by atoms with van der Waals surface area (Å²) in [5.41, 5.74) is 2.23. The van der Waals surface area contributed by atoms with Crippen LogP contribution in [0.15, 0.2) is 52.1 Å². The molecule has 1 aromatic heterocycles. The van der Waals surface area contributed by atoms with Crippen LogP contribution < -0.4 is 14.2 Å². The van der Waals surface area contributed by atoms with E-state index in [1.54, 1.807) is 14.2 Å². The van der Waals surface area contributed by atoms with Gasteiger partial charge < -0.3 is 18.6 Å². The number of rotatable bonds is 9. The van der Waals surface area contributed by atoms with Crippen LogP contribution in [0.2, 0.25) is 0 Å². The van der Waals surface area contributed by atoms with Crippen molar-refractivity contribution in [3.05, 3.63) is 48.0 Å². The first-order valence-corrected chi connectivity index (χ1v) is 10.8. The van der Waals surface area contributed by atoms with Crippen molar-refractivity contribution in [1.82, 2.24) is 10.2 Å². The summed E-state index contributed by atoms with van der Waals surface area (Å²) in [7, 11) is 3.20. The topological polar surface area (TPSA) is 66.6 Å². The van der Waals surface area contributed by atoms with Gasteiger partial charge in [0.05, 0.1) is 20.8 Å². The summed E-state index contributed by atoms with van der Waals surface area (Å²) in [6, 6.07) is 13.8. The average Bonchev–Trinajstić information content (AvgIpc) is 3.21. The van der Waals surface area contributed by atoms with E-state index in [2.05, 4.69) is 43.1 Å². The molecule has 0 aliphatic rings. The number of methoxy groups -OCH3 is 2. The van der Waals surface area contributed by atoms with Crippen molar-refractivity contribution < 1.29 is 18.6 Å². The summed E-state index contributed by atoms with van der Waals surface area (Å²) in [5, 5.41) is 8.78. The summed E-state index contributed by atoms with van der Waals surface area (Å²) in [6.45, 7) is 7.25. The van der Waals surface area contributed by atoms with E-state index in [-0.39, 0.29) is 5.41 Å². The van der Waals surface area contributed by atoms with E-state index in [0.717, 1.165) is 23.5 Å². The monoisotopic (exact) mass is 428 g/mol. The smallest absolute Gasteiger partial charge is 0.276 e. The Hall–Kier alpha value is -2.67. The molecule has 0 radical (unpaired) electrons. The third-order valence-electron chi connectivity index (χ3n) is 4.54. The van der Waals surface area contributed by atoms with Crippen molar-refractivity contribution in [2.75, 3.05) is 26.6 Å². The maximum absolute atomic E-state index is 5.83. The lowest BCUT2D eigenvalue weighted by Gasteiger charge is -2.19. The van der Waals surface area contributed by atoms with Crippen LogP contribution in [0.3, 0.4) is 0 Å². The van der Waals surface area contributed by atoms with Crippen molar-refractivity contribution in [2.45, 2.75) is 37.8 Å². The molecule has 0 saturated heterocycles. The van der Waals surface area contributed by atoms with Gasteiger partial charge in [-0.1, -0.05) is 44.7 Å². The van der Waals surface area contributed by atoms with Crippen molar-refractivity contribution >= 4 is 11.8 Å². The van der Waals surface area contributed by atoms with Gasteiger partial charge in [-0.25, -0.2) is 0 Å². The Balaban J connectivity index is 1.46. The summed E-state index contributed by atoms with van der Waals surface area (Å²) in [4.78, 5) is 0. The van der Waals surface area contributed by atoms with E-state index in [9.17, 15) is 0 Å². The lowest BCUT2D eigenvalue weighted by atomic mass is 9.87. The van der Waals surface area contributed by atoms with Crippen LogP contribution >= 0.6 is 11.8 Å². The fraction of sp³-hybridized carbons (Fsp3) is 0.391. The predicted octanol–water partition coefficient (Wildman–Crippen LogP) is 5.61. The molecule has 0 spiro atoms. The normalized spacial score (nSPS) is 11.4. The Morgan fingerprint density at radius 1 is 0.933 bits per heavy atom. The minimum Gasteiger partial charge on any atom is -0.494 e. The standard InChI is InChI=1S/C23H28N2O4S/c1-23(2,3)17-8-10-18(11-9-17)28-13-6-14-30-22-25-24-21(29-22)16-7-12-19(26-4)20(15-16)27-5/h7-12,15H,6,13-14H2,1-5H3. The van der Waals surface area contributed by atoms with Gasteiger partial charge in [0.2, 0.25) is 5.89 Å². The molecule has 160 valence electrons.